The summed E-state index contributed by atoms with van der Waals surface area (Å²) < 4.78 is 14.5. The van der Waals surface area contributed by atoms with Crippen LogP contribution in [0.15, 0.2) is 72.8 Å². The number of aromatic carboxylic acids is 1. The molecule has 8 heteroatoms. The van der Waals surface area contributed by atoms with Gasteiger partial charge in [-0.2, -0.15) is 0 Å². The molecule has 2 aliphatic rings. The van der Waals surface area contributed by atoms with Crippen molar-refractivity contribution in [3.63, 3.8) is 0 Å². The molecule has 0 bridgehead atoms. The number of nitrogens with one attached hydrogen (secondary N) is 1. The highest BCUT2D eigenvalue weighted by Crippen LogP contribution is 2.47. The number of alkyl carbamates (subject to hydrolysis) is 1. The normalized spacial score (nSPS) is 17.0. The maximum absolute atomic E-state index is 12.5. The van der Waals surface area contributed by atoms with Gasteiger partial charge in [-0.05, 0) is 74.9 Å². The van der Waals surface area contributed by atoms with Gasteiger partial charge in [-0.3, -0.25) is 4.90 Å². The minimum absolute atomic E-state index is 0.0731. The summed E-state index contributed by atoms with van der Waals surface area (Å²) in [7, 11) is 0. The Morgan fingerprint density at radius 3 is 2.48 bits per heavy atom. The first-order valence-corrected chi connectivity index (χ1v) is 16.5. The van der Waals surface area contributed by atoms with E-state index in [0.29, 0.717) is 38.7 Å². The molecule has 1 saturated carbocycles. The lowest BCUT2D eigenvalue weighted by atomic mass is 9.81. The van der Waals surface area contributed by atoms with Crippen LogP contribution in [-0.2, 0) is 17.8 Å². The minimum Gasteiger partial charge on any atom is -0.491 e. The van der Waals surface area contributed by atoms with Crippen LogP contribution in [0, 0.1) is 0 Å². The number of fused-ring (bicyclic) bond motifs is 5. The van der Waals surface area contributed by atoms with E-state index < -0.39 is 17.7 Å². The number of hydrogen-bond acceptors (Lipinski definition) is 5. The Balaban J connectivity index is 1.44. The summed E-state index contributed by atoms with van der Waals surface area (Å²) in [4.78, 5) is 27.1. The Bertz CT molecular complexity index is 1680. The molecular weight excluding hydrogens is 578 g/mol. The molecule has 0 radical (unpaired) electrons. The Labute approximate surface area is 271 Å². The molecule has 1 fully saturated rings. The number of para-hydroxylation sites is 1. The van der Waals surface area contributed by atoms with Crippen molar-refractivity contribution >= 4 is 23.0 Å². The maximum atomic E-state index is 12.5. The summed E-state index contributed by atoms with van der Waals surface area (Å²) in [5.74, 6) is 0.299. The standard InChI is InChI=1S/C38H45N3O5/c1-38(2,3)46-37(44)39-20-21-40(23-26-12-6-4-7-13-26)29-24-41-32-22-28(36(42)43)18-19-30(32)34(27-14-8-5-9-15-27)35(41)31-16-10-11-17-33(31)45-25-29/h4,6-7,10-13,16-19,22,27,29H,5,8-9,14-15,20-21,23-25H2,1-3H3,(H,39,44)(H,42,43)/t29-/m1/s1. The fourth-order valence-electron chi connectivity index (χ4n) is 7.08. The van der Waals surface area contributed by atoms with Gasteiger partial charge >= 0.3 is 12.1 Å². The average Bonchev–Trinajstić information content (AvgIpc) is 3.34. The van der Waals surface area contributed by atoms with E-state index in [9.17, 15) is 14.7 Å². The van der Waals surface area contributed by atoms with E-state index in [2.05, 4.69) is 39.0 Å². The van der Waals surface area contributed by atoms with E-state index >= 15 is 0 Å². The van der Waals surface area contributed by atoms with Gasteiger partial charge in [-0.15, -0.1) is 0 Å². The topological polar surface area (TPSA) is 93.0 Å². The van der Waals surface area contributed by atoms with Crippen molar-refractivity contribution in [2.75, 3.05) is 19.7 Å². The Hall–Kier alpha value is -4.30. The number of aromatic nitrogens is 1. The van der Waals surface area contributed by atoms with Gasteiger partial charge in [-0.1, -0.05) is 67.8 Å². The van der Waals surface area contributed by atoms with Gasteiger partial charge in [0.1, 0.15) is 18.0 Å². The highest BCUT2D eigenvalue weighted by Gasteiger charge is 2.32. The van der Waals surface area contributed by atoms with E-state index in [1.165, 1.54) is 24.8 Å². The van der Waals surface area contributed by atoms with E-state index in [0.717, 1.165) is 46.3 Å². The molecule has 46 heavy (non-hydrogen) atoms. The van der Waals surface area contributed by atoms with Crippen LogP contribution in [0.5, 0.6) is 5.75 Å². The first-order chi connectivity index (χ1) is 22.2. The van der Waals surface area contributed by atoms with Crippen LogP contribution < -0.4 is 10.1 Å². The second-order valence-electron chi connectivity index (χ2n) is 13.6. The van der Waals surface area contributed by atoms with Crippen LogP contribution in [0.1, 0.15) is 80.3 Å². The summed E-state index contributed by atoms with van der Waals surface area (Å²) >= 11 is 0. The van der Waals surface area contributed by atoms with E-state index in [1.54, 1.807) is 6.07 Å². The largest absolute Gasteiger partial charge is 0.491 e. The SMILES string of the molecule is CC(C)(C)OC(=O)NCCN(Cc1ccccc1)[C@H]1COc2ccccc2-c2c(C3CCCCC3)c3ccc(C(=O)O)cc3n2C1. The molecule has 0 spiro atoms. The quantitative estimate of drug-likeness (QED) is 0.208. The molecule has 6 rings (SSSR count). The molecule has 1 aliphatic carbocycles. The summed E-state index contributed by atoms with van der Waals surface area (Å²) in [6.45, 7) is 8.26. The van der Waals surface area contributed by atoms with Gasteiger partial charge in [0, 0.05) is 42.6 Å². The van der Waals surface area contributed by atoms with Gasteiger partial charge in [-0.25, -0.2) is 9.59 Å². The van der Waals surface area contributed by atoms with Crippen LogP contribution in [0.3, 0.4) is 0 Å². The highest BCUT2D eigenvalue weighted by molar-refractivity contribution is 5.98. The van der Waals surface area contributed by atoms with Crippen LogP contribution in [-0.4, -0.2) is 58.0 Å². The molecule has 242 valence electrons. The van der Waals surface area contributed by atoms with Gasteiger partial charge in [0.2, 0.25) is 0 Å². The number of ether oxygens (including phenoxy) is 2. The van der Waals surface area contributed by atoms with Crippen molar-refractivity contribution in [1.29, 1.82) is 0 Å². The van der Waals surface area contributed by atoms with Crippen molar-refractivity contribution in [3.05, 3.63) is 89.5 Å². The Morgan fingerprint density at radius 1 is 1.00 bits per heavy atom. The Kier molecular flexibility index (Phi) is 9.36. The predicted molar refractivity (Wildman–Crippen MR) is 181 cm³/mol. The zero-order valence-corrected chi connectivity index (χ0v) is 27.1. The second kappa shape index (κ2) is 13.6. The molecule has 1 aromatic heterocycles. The smallest absolute Gasteiger partial charge is 0.407 e. The number of carbonyl (C=O) groups excluding carboxylic acids is 1. The van der Waals surface area contributed by atoms with Crippen molar-refractivity contribution in [3.8, 4) is 17.0 Å². The summed E-state index contributed by atoms with van der Waals surface area (Å²) in [5, 5.41) is 14.1. The predicted octanol–water partition coefficient (Wildman–Crippen LogP) is 7.84. The van der Waals surface area contributed by atoms with Crippen LogP contribution in [0.2, 0.25) is 0 Å². The van der Waals surface area contributed by atoms with Crippen molar-refractivity contribution < 1.29 is 24.2 Å². The molecule has 1 aliphatic heterocycles. The van der Waals surface area contributed by atoms with Crippen LogP contribution >= 0.6 is 0 Å². The number of carboxylic acid groups (broad SMARTS) is 1. The number of carboxylic acids is 1. The number of hydrogen-bond donors (Lipinski definition) is 2. The molecule has 3 aromatic carbocycles. The minimum atomic E-state index is -0.929. The third kappa shape index (κ3) is 7.07. The van der Waals surface area contributed by atoms with Gasteiger partial charge in [0.05, 0.1) is 17.3 Å². The van der Waals surface area contributed by atoms with Crippen LogP contribution in [0.25, 0.3) is 22.2 Å². The third-order valence-corrected chi connectivity index (χ3v) is 9.14. The number of carbonyl (C=O) groups is 2. The van der Waals surface area contributed by atoms with Gasteiger partial charge < -0.3 is 24.5 Å². The van der Waals surface area contributed by atoms with Gasteiger partial charge in [0.15, 0.2) is 0 Å². The number of rotatable bonds is 8. The Morgan fingerprint density at radius 2 is 1.74 bits per heavy atom. The lowest BCUT2D eigenvalue weighted by Crippen LogP contribution is -2.46. The molecular formula is C38H45N3O5. The average molecular weight is 624 g/mol. The fourth-order valence-corrected chi connectivity index (χ4v) is 7.08. The first-order valence-electron chi connectivity index (χ1n) is 16.5. The van der Waals surface area contributed by atoms with E-state index in [1.807, 2.05) is 63.2 Å². The maximum Gasteiger partial charge on any atom is 0.407 e. The molecule has 0 unspecified atom stereocenters. The molecule has 1 atom stereocenters. The van der Waals surface area contributed by atoms with Crippen LogP contribution in [0.4, 0.5) is 4.79 Å². The monoisotopic (exact) mass is 623 g/mol. The first kappa shape index (κ1) is 31.7. The third-order valence-electron chi connectivity index (χ3n) is 9.14. The molecule has 4 aromatic rings. The summed E-state index contributed by atoms with van der Waals surface area (Å²) in [5.41, 5.74) is 5.32. The summed E-state index contributed by atoms with van der Waals surface area (Å²) in [6, 6.07) is 24.1. The zero-order valence-electron chi connectivity index (χ0n) is 27.1. The number of amides is 1. The number of nitrogens with zero attached hydrogens (tertiary/aromatic N) is 2. The van der Waals surface area contributed by atoms with Crippen molar-refractivity contribution in [2.45, 2.75) is 83.5 Å². The zero-order chi connectivity index (χ0) is 32.3. The lowest BCUT2D eigenvalue weighted by molar-refractivity contribution is 0.0509. The fraction of sp³-hybridized carbons (Fsp3) is 0.421. The van der Waals surface area contributed by atoms with E-state index in [4.69, 9.17) is 9.47 Å². The molecule has 0 saturated heterocycles. The van der Waals surface area contributed by atoms with E-state index in [-0.39, 0.29) is 11.6 Å². The summed E-state index contributed by atoms with van der Waals surface area (Å²) in [6.07, 6.45) is 5.44. The van der Waals surface area contributed by atoms with Gasteiger partial charge in [0.25, 0.3) is 0 Å². The van der Waals surface area contributed by atoms with Crippen molar-refractivity contribution in [1.82, 2.24) is 14.8 Å². The molecule has 2 N–H and O–H groups in total. The number of benzene rings is 3. The lowest BCUT2D eigenvalue weighted by Gasteiger charge is -2.35. The highest BCUT2D eigenvalue weighted by atomic mass is 16.6. The molecule has 1 amide bonds. The molecule has 2 heterocycles. The second-order valence-corrected chi connectivity index (χ2v) is 13.6. The molecule has 8 nitrogen and oxygen atoms in total. The van der Waals surface area contributed by atoms with Crippen molar-refractivity contribution in [2.24, 2.45) is 0 Å².